The molecule has 0 saturated carbocycles. The highest BCUT2D eigenvalue weighted by molar-refractivity contribution is 6.21. The van der Waals surface area contributed by atoms with Crippen LogP contribution < -0.4 is 0 Å². The summed E-state index contributed by atoms with van der Waals surface area (Å²) in [5.41, 5.74) is 7.82. The molecule has 5 nitrogen and oxygen atoms in total. The summed E-state index contributed by atoms with van der Waals surface area (Å²) in [5.74, 6) is 1.92. The minimum absolute atomic E-state index is 0.631. The van der Waals surface area contributed by atoms with Crippen LogP contribution >= 0.6 is 0 Å². The maximum atomic E-state index is 6.51. The van der Waals surface area contributed by atoms with Gasteiger partial charge in [-0.05, 0) is 42.5 Å². The van der Waals surface area contributed by atoms with Gasteiger partial charge in [0.05, 0.1) is 11.0 Å². The van der Waals surface area contributed by atoms with Gasteiger partial charge in [0, 0.05) is 43.9 Å². The number of hydrogen-bond acceptors (Lipinski definition) is 4. The number of fused-ring (bicyclic) bond motifs is 7. The zero-order valence-corrected chi connectivity index (χ0v) is 23.6. The Balaban J connectivity index is 1.24. The molecule has 0 unspecified atom stereocenters. The first-order valence-corrected chi connectivity index (χ1v) is 14.6. The Morgan fingerprint density at radius 1 is 0.409 bits per heavy atom. The molecule has 3 aromatic heterocycles. The first-order valence-electron chi connectivity index (χ1n) is 14.6. The second-order valence-electron chi connectivity index (χ2n) is 10.9. The second kappa shape index (κ2) is 9.75. The van der Waals surface area contributed by atoms with E-state index in [1.54, 1.807) is 0 Å². The highest BCUT2D eigenvalue weighted by Gasteiger charge is 2.19. The van der Waals surface area contributed by atoms with Crippen molar-refractivity contribution in [1.29, 1.82) is 0 Å². The van der Waals surface area contributed by atoms with Crippen LogP contribution in [0.3, 0.4) is 0 Å². The summed E-state index contributed by atoms with van der Waals surface area (Å²) in [6, 6.07) is 49.7. The van der Waals surface area contributed by atoms with Crippen molar-refractivity contribution in [3.8, 4) is 39.9 Å². The molecular formula is C39H24N4O. The summed E-state index contributed by atoms with van der Waals surface area (Å²) >= 11 is 0. The van der Waals surface area contributed by atoms with Crippen LogP contribution in [0.2, 0.25) is 0 Å². The van der Waals surface area contributed by atoms with E-state index in [-0.39, 0.29) is 0 Å². The Morgan fingerprint density at radius 2 is 0.932 bits per heavy atom. The van der Waals surface area contributed by atoms with Crippen LogP contribution in [0, 0.1) is 0 Å². The molecule has 0 amide bonds. The third-order valence-corrected chi connectivity index (χ3v) is 8.26. The van der Waals surface area contributed by atoms with Crippen LogP contribution in [-0.2, 0) is 0 Å². The lowest BCUT2D eigenvalue weighted by molar-refractivity contribution is 0.671. The van der Waals surface area contributed by atoms with Gasteiger partial charge >= 0.3 is 0 Å². The van der Waals surface area contributed by atoms with Gasteiger partial charge in [-0.2, -0.15) is 0 Å². The van der Waals surface area contributed by atoms with Crippen molar-refractivity contribution in [1.82, 2.24) is 19.5 Å². The van der Waals surface area contributed by atoms with Crippen LogP contribution in [0.15, 0.2) is 150 Å². The average Bonchev–Trinajstić information content (AvgIpc) is 3.65. The lowest BCUT2D eigenvalue weighted by atomic mass is 10.1. The molecule has 0 aliphatic carbocycles. The van der Waals surface area contributed by atoms with Crippen LogP contribution in [0.25, 0.3) is 83.6 Å². The van der Waals surface area contributed by atoms with Gasteiger partial charge in [0.2, 0.25) is 0 Å². The van der Waals surface area contributed by atoms with Crippen LogP contribution in [0.4, 0.5) is 0 Å². The SMILES string of the molecule is c1ccc(-c2nc(-c3ccccc3)nc(-c3ccc(-n4c5ccccc5c5ccc6c7ccccc7oc6c54)cc3)n2)cc1. The predicted octanol–water partition coefficient (Wildman–Crippen LogP) is 9.87. The van der Waals surface area contributed by atoms with Crippen molar-refractivity contribution in [3.63, 3.8) is 0 Å². The molecule has 0 saturated heterocycles. The Bertz CT molecular complexity index is 2420. The molecule has 0 spiro atoms. The fraction of sp³-hybridized carbons (Fsp3) is 0. The summed E-state index contributed by atoms with van der Waals surface area (Å²) in [7, 11) is 0. The second-order valence-corrected chi connectivity index (χ2v) is 10.9. The number of hydrogen-bond donors (Lipinski definition) is 0. The lowest BCUT2D eigenvalue weighted by Gasteiger charge is -2.11. The van der Waals surface area contributed by atoms with E-state index >= 15 is 0 Å². The van der Waals surface area contributed by atoms with E-state index in [2.05, 4.69) is 77.4 Å². The lowest BCUT2D eigenvalue weighted by Crippen LogP contribution is -2.00. The van der Waals surface area contributed by atoms with Crippen LogP contribution in [0.5, 0.6) is 0 Å². The number of furan rings is 1. The third-order valence-electron chi connectivity index (χ3n) is 8.26. The third kappa shape index (κ3) is 3.83. The monoisotopic (exact) mass is 564 g/mol. The molecule has 0 fully saturated rings. The van der Waals surface area contributed by atoms with Gasteiger partial charge < -0.3 is 8.98 Å². The van der Waals surface area contributed by atoms with E-state index in [9.17, 15) is 0 Å². The van der Waals surface area contributed by atoms with Crippen molar-refractivity contribution in [2.75, 3.05) is 0 Å². The first kappa shape index (κ1) is 24.5. The van der Waals surface area contributed by atoms with E-state index in [4.69, 9.17) is 19.4 Å². The molecule has 3 heterocycles. The van der Waals surface area contributed by atoms with Gasteiger partial charge in [0.1, 0.15) is 5.58 Å². The largest absolute Gasteiger partial charge is 0.454 e. The fourth-order valence-corrected chi connectivity index (χ4v) is 6.20. The highest BCUT2D eigenvalue weighted by Crippen LogP contribution is 2.40. The summed E-state index contributed by atoms with van der Waals surface area (Å²) in [4.78, 5) is 14.7. The Labute approximate surface area is 252 Å². The number of benzene rings is 6. The predicted molar refractivity (Wildman–Crippen MR) is 178 cm³/mol. The number of rotatable bonds is 4. The fourth-order valence-electron chi connectivity index (χ4n) is 6.20. The molecule has 0 radical (unpaired) electrons. The maximum Gasteiger partial charge on any atom is 0.164 e. The molecule has 0 aliphatic heterocycles. The first-order chi connectivity index (χ1) is 21.8. The summed E-state index contributed by atoms with van der Waals surface area (Å²) in [5, 5.41) is 4.58. The standard InChI is InChI=1S/C39H24N4O/c1-3-11-25(12-4-1)37-40-38(26-13-5-2-6-14-26)42-39(41-37)27-19-21-28(22-20-27)43-33-17-9-7-15-29(33)31-23-24-32-30-16-8-10-18-34(30)44-36(32)35(31)43/h1-24H. The zero-order chi connectivity index (χ0) is 29.0. The molecule has 0 N–H and O–H groups in total. The highest BCUT2D eigenvalue weighted by atomic mass is 16.3. The molecule has 5 heteroatoms. The van der Waals surface area contributed by atoms with E-state index in [1.807, 2.05) is 72.8 Å². The molecule has 206 valence electrons. The normalized spacial score (nSPS) is 11.6. The molecule has 0 aliphatic rings. The van der Waals surface area contributed by atoms with Gasteiger partial charge in [-0.25, -0.2) is 15.0 Å². The van der Waals surface area contributed by atoms with Crippen molar-refractivity contribution >= 4 is 43.7 Å². The Hall–Kier alpha value is -6.07. The Morgan fingerprint density at radius 3 is 1.59 bits per heavy atom. The van der Waals surface area contributed by atoms with Crippen LogP contribution in [-0.4, -0.2) is 19.5 Å². The van der Waals surface area contributed by atoms with Gasteiger partial charge in [-0.3, -0.25) is 0 Å². The van der Waals surface area contributed by atoms with E-state index < -0.39 is 0 Å². The van der Waals surface area contributed by atoms with Gasteiger partial charge in [0.15, 0.2) is 23.1 Å². The zero-order valence-electron chi connectivity index (χ0n) is 23.6. The average molecular weight is 565 g/mol. The van der Waals surface area contributed by atoms with Crippen molar-refractivity contribution < 1.29 is 4.42 Å². The minimum Gasteiger partial charge on any atom is -0.454 e. The minimum atomic E-state index is 0.631. The van der Waals surface area contributed by atoms with Crippen molar-refractivity contribution in [2.45, 2.75) is 0 Å². The molecule has 0 atom stereocenters. The summed E-state index contributed by atoms with van der Waals surface area (Å²) < 4.78 is 8.82. The van der Waals surface area contributed by atoms with Gasteiger partial charge in [-0.1, -0.05) is 103 Å². The number of para-hydroxylation sites is 2. The van der Waals surface area contributed by atoms with Gasteiger partial charge in [-0.15, -0.1) is 0 Å². The van der Waals surface area contributed by atoms with E-state index in [0.717, 1.165) is 60.7 Å². The molecule has 9 rings (SSSR count). The topological polar surface area (TPSA) is 56.7 Å². The number of aromatic nitrogens is 4. The molecule has 9 aromatic rings. The molecule has 44 heavy (non-hydrogen) atoms. The molecule has 0 bridgehead atoms. The smallest absolute Gasteiger partial charge is 0.164 e. The Kier molecular flexibility index (Phi) is 5.43. The maximum absolute atomic E-state index is 6.51. The van der Waals surface area contributed by atoms with Gasteiger partial charge in [0.25, 0.3) is 0 Å². The summed E-state index contributed by atoms with van der Waals surface area (Å²) in [6.45, 7) is 0. The van der Waals surface area contributed by atoms with E-state index in [1.165, 1.54) is 5.39 Å². The van der Waals surface area contributed by atoms with Crippen molar-refractivity contribution in [3.05, 3.63) is 146 Å². The summed E-state index contributed by atoms with van der Waals surface area (Å²) in [6.07, 6.45) is 0. The molecule has 6 aromatic carbocycles. The quantitative estimate of drug-likeness (QED) is 0.213. The van der Waals surface area contributed by atoms with Crippen LogP contribution in [0.1, 0.15) is 0 Å². The van der Waals surface area contributed by atoms with Crippen molar-refractivity contribution in [2.24, 2.45) is 0 Å². The van der Waals surface area contributed by atoms with E-state index in [0.29, 0.717) is 17.5 Å². The number of nitrogens with zero attached hydrogens (tertiary/aromatic N) is 4. The molecular weight excluding hydrogens is 540 g/mol.